The number of thiazole rings is 1. The molecular formula is C15H16ClN3OS. The Balaban J connectivity index is 2.21. The summed E-state index contributed by atoms with van der Waals surface area (Å²) in [6.07, 6.45) is 2.55. The Labute approximate surface area is 132 Å². The van der Waals surface area contributed by atoms with Gasteiger partial charge in [-0.1, -0.05) is 6.07 Å². The van der Waals surface area contributed by atoms with Crippen molar-refractivity contribution in [1.82, 2.24) is 14.5 Å². The number of alkyl halides is 1. The van der Waals surface area contributed by atoms with Gasteiger partial charge >= 0.3 is 0 Å². The molecule has 2 heterocycles. The number of para-hydroxylation sites is 1. The van der Waals surface area contributed by atoms with E-state index in [1.807, 2.05) is 23.7 Å². The normalized spacial score (nSPS) is 12.7. The number of hydrogen-bond donors (Lipinski definition) is 0. The fourth-order valence-electron chi connectivity index (χ4n) is 2.55. The van der Waals surface area contributed by atoms with Crippen LogP contribution in [0.4, 0.5) is 0 Å². The molecule has 4 nitrogen and oxygen atoms in total. The average Bonchev–Trinajstić information content (AvgIpc) is 3.14. The number of methoxy groups -OCH3 is 1. The van der Waals surface area contributed by atoms with Gasteiger partial charge in [0.25, 0.3) is 0 Å². The molecule has 0 saturated heterocycles. The van der Waals surface area contributed by atoms with Crippen molar-refractivity contribution in [2.24, 2.45) is 0 Å². The van der Waals surface area contributed by atoms with Crippen molar-refractivity contribution >= 4 is 34.0 Å². The summed E-state index contributed by atoms with van der Waals surface area (Å²) in [4.78, 5) is 9.16. The molecule has 0 saturated carbocycles. The minimum Gasteiger partial charge on any atom is -0.494 e. The summed E-state index contributed by atoms with van der Waals surface area (Å²) in [5.74, 6) is 2.29. The highest BCUT2D eigenvalue weighted by atomic mass is 35.5. The van der Waals surface area contributed by atoms with E-state index in [4.69, 9.17) is 21.3 Å². The molecule has 0 spiro atoms. The second kappa shape index (κ2) is 6.03. The number of fused-ring (bicyclic) bond motifs is 1. The molecule has 1 aromatic carbocycles. The molecule has 0 radical (unpaired) electrons. The van der Waals surface area contributed by atoms with Gasteiger partial charge in [0.15, 0.2) is 0 Å². The first kappa shape index (κ1) is 14.4. The lowest BCUT2D eigenvalue weighted by atomic mass is 10.2. The van der Waals surface area contributed by atoms with Crippen molar-refractivity contribution in [2.75, 3.05) is 13.0 Å². The number of nitrogens with zero attached hydrogens (tertiary/aromatic N) is 3. The Morgan fingerprint density at radius 3 is 2.95 bits per heavy atom. The molecule has 21 heavy (non-hydrogen) atoms. The summed E-state index contributed by atoms with van der Waals surface area (Å²) in [7, 11) is 1.67. The maximum absolute atomic E-state index is 5.94. The molecular weight excluding hydrogens is 306 g/mol. The Hall–Kier alpha value is -1.59. The third-order valence-electron chi connectivity index (χ3n) is 3.49. The number of imidazole rings is 1. The van der Waals surface area contributed by atoms with Crippen LogP contribution in [0.3, 0.4) is 0 Å². The highest BCUT2D eigenvalue weighted by Gasteiger charge is 2.20. The molecule has 3 aromatic rings. The summed E-state index contributed by atoms with van der Waals surface area (Å²) in [5, 5.41) is 3.06. The molecule has 6 heteroatoms. The van der Waals surface area contributed by atoms with Crippen LogP contribution in [0, 0.1) is 0 Å². The second-order valence-corrected chi connectivity index (χ2v) is 6.02. The Kier molecular flexibility index (Phi) is 4.12. The number of halogens is 1. The van der Waals surface area contributed by atoms with Gasteiger partial charge in [-0.2, -0.15) is 0 Å². The van der Waals surface area contributed by atoms with Crippen LogP contribution in [0.25, 0.3) is 11.0 Å². The number of aromatic nitrogens is 3. The van der Waals surface area contributed by atoms with Gasteiger partial charge in [-0.15, -0.1) is 22.9 Å². The standard InChI is InChI=1S/C15H16ClN3OS/c1-10(15-17-8-9-21-15)19-11-4-3-5-12(20-2)14(11)18-13(19)6-7-16/h3-5,8-10H,6-7H2,1-2H3. The van der Waals surface area contributed by atoms with Gasteiger partial charge in [-0.25, -0.2) is 9.97 Å². The molecule has 3 rings (SSSR count). The molecule has 110 valence electrons. The minimum atomic E-state index is 0.125. The predicted molar refractivity (Wildman–Crippen MR) is 86.6 cm³/mol. The summed E-state index contributed by atoms with van der Waals surface area (Å²) in [6.45, 7) is 2.14. The molecule has 1 unspecified atom stereocenters. The van der Waals surface area contributed by atoms with Crippen molar-refractivity contribution in [3.63, 3.8) is 0 Å². The molecule has 0 amide bonds. The van der Waals surface area contributed by atoms with Crippen LogP contribution in [-0.2, 0) is 6.42 Å². The van der Waals surface area contributed by atoms with Crippen molar-refractivity contribution in [3.05, 3.63) is 40.6 Å². The highest BCUT2D eigenvalue weighted by molar-refractivity contribution is 7.09. The smallest absolute Gasteiger partial charge is 0.146 e. The summed E-state index contributed by atoms with van der Waals surface area (Å²) < 4.78 is 7.63. The molecule has 1 atom stereocenters. The lowest BCUT2D eigenvalue weighted by Gasteiger charge is -2.15. The van der Waals surface area contributed by atoms with Gasteiger partial charge in [0.2, 0.25) is 0 Å². The van der Waals surface area contributed by atoms with Crippen LogP contribution in [0.2, 0.25) is 0 Å². The first-order valence-electron chi connectivity index (χ1n) is 6.75. The maximum atomic E-state index is 5.94. The first-order chi connectivity index (χ1) is 10.3. The van der Waals surface area contributed by atoms with E-state index in [0.717, 1.165) is 34.0 Å². The fraction of sp³-hybridized carbons (Fsp3) is 0.333. The fourth-order valence-corrected chi connectivity index (χ4v) is 3.40. The van der Waals surface area contributed by atoms with Gasteiger partial charge in [0.05, 0.1) is 18.7 Å². The summed E-state index contributed by atoms with van der Waals surface area (Å²) in [5.41, 5.74) is 1.93. The van der Waals surface area contributed by atoms with Gasteiger partial charge < -0.3 is 9.30 Å². The zero-order valence-electron chi connectivity index (χ0n) is 11.9. The highest BCUT2D eigenvalue weighted by Crippen LogP contribution is 2.31. The molecule has 0 bridgehead atoms. The SMILES string of the molecule is COc1cccc2c1nc(CCCl)n2C(C)c1nccs1. The number of rotatable bonds is 5. The predicted octanol–water partition coefficient (Wildman–Crippen LogP) is 3.89. The maximum Gasteiger partial charge on any atom is 0.146 e. The van der Waals surface area contributed by atoms with Crippen molar-refractivity contribution in [1.29, 1.82) is 0 Å². The zero-order chi connectivity index (χ0) is 14.8. The quantitative estimate of drug-likeness (QED) is 0.669. The monoisotopic (exact) mass is 321 g/mol. The van der Waals surface area contributed by atoms with E-state index < -0.39 is 0 Å². The van der Waals surface area contributed by atoms with E-state index in [2.05, 4.69) is 22.5 Å². The van der Waals surface area contributed by atoms with Crippen LogP contribution < -0.4 is 4.74 Å². The van der Waals surface area contributed by atoms with Crippen LogP contribution in [0.15, 0.2) is 29.8 Å². The lowest BCUT2D eigenvalue weighted by Crippen LogP contribution is -2.11. The molecule has 0 N–H and O–H groups in total. The third-order valence-corrected chi connectivity index (χ3v) is 4.63. The van der Waals surface area contributed by atoms with E-state index in [1.54, 1.807) is 18.4 Å². The Morgan fingerprint density at radius 1 is 1.43 bits per heavy atom. The van der Waals surface area contributed by atoms with E-state index >= 15 is 0 Å². The van der Waals surface area contributed by atoms with Crippen molar-refractivity contribution < 1.29 is 4.74 Å². The number of hydrogen-bond acceptors (Lipinski definition) is 4. The van der Waals surface area contributed by atoms with E-state index in [0.29, 0.717) is 5.88 Å². The zero-order valence-corrected chi connectivity index (χ0v) is 13.5. The van der Waals surface area contributed by atoms with E-state index in [-0.39, 0.29) is 6.04 Å². The number of ether oxygens (including phenoxy) is 1. The van der Waals surface area contributed by atoms with Crippen molar-refractivity contribution in [2.45, 2.75) is 19.4 Å². The van der Waals surface area contributed by atoms with Gasteiger partial charge in [0.1, 0.15) is 22.1 Å². The lowest BCUT2D eigenvalue weighted by molar-refractivity contribution is 0.419. The van der Waals surface area contributed by atoms with Crippen LogP contribution in [0.5, 0.6) is 5.75 Å². The average molecular weight is 322 g/mol. The Bertz CT molecular complexity index is 739. The molecule has 0 aliphatic rings. The largest absolute Gasteiger partial charge is 0.494 e. The van der Waals surface area contributed by atoms with Gasteiger partial charge in [-0.05, 0) is 19.1 Å². The second-order valence-electron chi connectivity index (χ2n) is 4.71. The molecule has 2 aromatic heterocycles. The third kappa shape index (κ3) is 2.51. The van der Waals surface area contributed by atoms with E-state index in [9.17, 15) is 0 Å². The number of aryl methyl sites for hydroxylation is 1. The van der Waals surface area contributed by atoms with E-state index in [1.165, 1.54) is 0 Å². The first-order valence-corrected chi connectivity index (χ1v) is 8.16. The summed E-state index contributed by atoms with van der Waals surface area (Å²) >= 11 is 7.59. The van der Waals surface area contributed by atoms with Gasteiger partial charge in [0, 0.05) is 23.9 Å². The van der Waals surface area contributed by atoms with Crippen LogP contribution in [0.1, 0.15) is 23.8 Å². The minimum absolute atomic E-state index is 0.125. The molecule has 0 aliphatic carbocycles. The van der Waals surface area contributed by atoms with Crippen LogP contribution in [-0.4, -0.2) is 27.5 Å². The van der Waals surface area contributed by atoms with Crippen LogP contribution >= 0.6 is 22.9 Å². The molecule has 0 fully saturated rings. The Morgan fingerprint density at radius 2 is 2.29 bits per heavy atom. The number of benzene rings is 1. The summed E-state index contributed by atoms with van der Waals surface area (Å²) in [6, 6.07) is 6.10. The topological polar surface area (TPSA) is 39.9 Å². The van der Waals surface area contributed by atoms with Crippen molar-refractivity contribution in [3.8, 4) is 5.75 Å². The molecule has 0 aliphatic heterocycles. The van der Waals surface area contributed by atoms with Gasteiger partial charge in [-0.3, -0.25) is 0 Å².